The molecule has 0 fully saturated rings. The maximum atomic E-state index is 9.87. The summed E-state index contributed by atoms with van der Waals surface area (Å²) in [5, 5.41) is 21.3. The molecule has 0 bridgehead atoms. The van der Waals surface area contributed by atoms with Gasteiger partial charge in [-0.1, -0.05) is 0 Å². The molecular weight excluding hydrogens is 212 g/mol. The maximum Gasteiger partial charge on any atom is 0.183 e. The third-order valence-corrected chi connectivity index (χ3v) is 1.92. The quantitative estimate of drug-likeness (QED) is 0.637. The molecule has 1 unspecified atom stereocenters. The molecule has 0 radical (unpaired) electrons. The Bertz CT molecular complexity index is 299. The van der Waals surface area contributed by atoms with Crippen LogP contribution >= 0.6 is 0 Å². The molecule has 16 heavy (non-hydrogen) atoms. The number of aromatic nitrogens is 4. The Kier molecular flexibility index (Phi) is 5.30. The Morgan fingerprint density at radius 2 is 1.94 bits per heavy atom. The molecule has 0 amide bonds. The van der Waals surface area contributed by atoms with Gasteiger partial charge in [0.05, 0.1) is 7.05 Å². The predicted octanol–water partition coefficient (Wildman–Crippen LogP) is -0.487. The molecule has 1 N–H and O–H groups in total. The second-order valence-electron chi connectivity index (χ2n) is 3.25. The van der Waals surface area contributed by atoms with Crippen LogP contribution in [0.2, 0.25) is 0 Å². The van der Waals surface area contributed by atoms with Gasteiger partial charge in [-0.2, -0.15) is 4.80 Å². The van der Waals surface area contributed by atoms with Crippen molar-refractivity contribution in [2.75, 3.05) is 13.2 Å². The Hall–Kier alpha value is -1.05. The van der Waals surface area contributed by atoms with E-state index in [1.807, 2.05) is 13.8 Å². The second-order valence-corrected chi connectivity index (χ2v) is 3.25. The number of hydrogen-bond donors (Lipinski definition) is 1. The molecule has 1 aromatic heterocycles. The number of tetrazole rings is 1. The number of aliphatic hydroxyl groups excluding tert-OH is 1. The Balaban J connectivity index is 2.50. The lowest BCUT2D eigenvalue weighted by Crippen LogP contribution is -2.34. The van der Waals surface area contributed by atoms with E-state index in [0.717, 1.165) is 0 Å². The van der Waals surface area contributed by atoms with E-state index >= 15 is 0 Å². The summed E-state index contributed by atoms with van der Waals surface area (Å²) in [6.07, 6.45) is -1.17. The highest BCUT2D eigenvalue weighted by molar-refractivity contribution is 4.82. The minimum absolute atomic E-state index is 0.262. The highest BCUT2D eigenvalue weighted by Gasteiger charge is 2.21. The molecule has 0 aliphatic rings. The van der Waals surface area contributed by atoms with E-state index < -0.39 is 12.4 Å². The van der Waals surface area contributed by atoms with Crippen LogP contribution in [0, 0.1) is 0 Å². The molecule has 0 aliphatic carbocycles. The lowest BCUT2D eigenvalue weighted by Gasteiger charge is -2.21. The number of rotatable bonds is 7. The zero-order valence-corrected chi connectivity index (χ0v) is 9.83. The van der Waals surface area contributed by atoms with Gasteiger partial charge in [-0.3, -0.25) is 0 Å². The van der Waals surface area contributed by atoms with Gasteiger partial charge in [0, 0.05) is 19.6 Å². The van der Waals surface area contributed by atoms with E-state index in [4.69, 9.17) is 9.47 Å². The first-order valence-electron chi connectivity index (χ1n) is 5.31. The van der Waals surface area contributed by atoms with E-state index in [9.17, 15) is 5.11 Å². The monoisotopic (exact) mass is 230 g/mol. The van der Waals surface area contributed by atoms with Crippen molar-refractivity contribution < 1.29 is 14.6 Å². The first-order valence-corrected chi connectivity index (χ1v) is 5.31. The van der Waals surface area contributed by atoms with Gasteiger partial charge in [0.15, 0.2) is 12.1 Å². The minimum atomic E-state index is -0.788. The molecule has 0 aromatic carbocycles. The number of hydrogen-bond acceptors (Lipinski definition) is 6. The van der Waals surface area contributed by atoms with Gasteiger partial charge in [-0.05, 0) is 19.1 Å². The SMILES string of the molecule is CCOC(OCC)C(O)Cc1nnn(C)n1. The van der Waals surface area contributed by atoms with Gasteiger partial charge in [-0.25, -0.2) is 0 Å². The van der Waals surface area contributed by atoms with Crippen molar-refractivity contribution in [3.05, 3.63) is 5.82 Å². The number of nitrogens with zero attached hydrogens (tertiary/aromatic N) is 4. The van der Waals surface area contributed by atoms with Crippen molar-refractivity contribution in [2.24, 2.45) is 7.05 Å². The number of aryl methyl sites for hydroxylation is 1. The minimum Gasteiger partial charge on any atom is -0.387 e. The van der Waals surface area contributed by atoms with Gasteiger partial charge in [0.2, 0.25) is 0 Å². The summed E-state index contributed by atoms with van der Waals surface area (Å²) in [4.78, 5) is 1.35. The van der Waals surface area contributed by atoms with Crippen LogP contribution in [0.3, 0.4) is 0 Å². The third kappa shape index (κ3) is 3.84. The summed E-state index contributed by atoms with van der Waals surface area (Å²) in [5.74, 6) is 0.472. The topological polar surface area (TPSA) is 82.3 Å². The van der Waals surface area contributed by atoms with Crippen LogP contribution in [0.1, 0.15) is 19.7 Å². The third-order valence-electron chi connectivity index (χ3n) is 1.92. The summed E-state index contributed by atoms with van der Waals surface area (Å²) in [5.41, 5.74) is 0. The molecule has 0 saturated heterocycles. The van der Waals surface area contributed by atoms with Crippen LogP contribution in [0.4, 0.5) is 0 Å². The Morgan fingerprint density at radius 1 is 1.31 bits per heavy atom. The van der Waals surface area contributed by atoms with Crippen molar-refractivity contribution in [2.45, 2.75) is 32.7 Å². The van der Waals surface area contributed by atoms with E-state index in [0.29, 0.717) is 19.0 Å². The van der Waals surface area contributed by atoms with Crippen molar-refractivity contribution in [1.29, 1.82) is 0 Å². The molecule has 7 heteroatoms. The first kappa shape index (κ1) is 13.0. The first-order chi connectivity index (χ1) is 7.67. The van der Waals surface area contributed by atoms with Gasteiger partial charge in [0.1, 0.15) is 6.10 Å². The fourth-order valence-corrected chi connectivity index (χ4v) is 1.29. The summed E-state index contributed by atoms with van der Waals surface area (Å²) >= 11 is 0. The molecule has 1 aromatic rings. The second kappa shape index (κ2) is 6.51. The zero-order chi connectivity index (χ0) is 12.0. The van der Waals surface area contributed by atoms with Crippen LogP contribution in [-0.2, 0) is 22.9 Å². The highest BCUT2D eigenvalue weighted by atomic mass is 16.7. The largest absolute Gasteiger partial charge is 0.387 e. The van der Waals surface area contributed by atoms with Crippen LogP contribution < -0.4 is 0 Å². The zero-order valence-electron chi connectivity index (χ0n) is 9.83. The van der Waals surface area contributed by atoms with Crippen molar-refractivity contribution in [3.8, 4) is 0 Å². The molecule has 92 valence electrons. The molecule has 7 nitrogen and oxygen atoms in total. The maximum absolute atomic E-state index is 9.87. The average Bonchev–Trinajstić information content (AvgIpc) is 2.63. The normalized spacial score (nSPS) is 13.3. The van der Waals surface area contributed by atoms with Crippen LogP contribution in [0.5, 0.6) is 0 Å². The molecule has 1 heterocycles. The van der Waals surface area contributed by atoms with Crippen molar-refractivity contribution in [3.63, 3.8) is 0 Å². The Labute approximate surface area is 94.4 Å². The fraction of sp³-hybridized carbons (Fsp3) is 0.889. The van der Waals surface area contributed by atoms with Crippen molar-refractivity contribution >= 4 is 0 Å². The molecular formula is C9H18N4O3. The average molecular weight is 230 g/mol. The van der Waals surface area contributed by atoms with E-state index in [-0.39, 0.29) is 6.42 Å². The van der Waals surface area contributed by atoms with Crippen molar-refractivity contribution in [1.82, 2.24) is 20.2 Å². The van der Waals surface area contributed by atoms with Gasteiger partial charge in [-0.15, -0.1) is 10.2 Å². The van der Waals surface area contributed by atoms with E-state index in [1.54, 1.807) is 7.05 Å². The summed E-state index contributed by atoms with van der Waals surface area (Å²) in [6.45, 7) is 4.66. The van der Waals surface area contributed by atoms with Crippen LogP contribution in [-0.4, -0.2) is 50.9 Å². The number of aliphatic hydroxyl groups is 1. The molecule has 0 spiro atoms. The standard InChI is InChI=1S/C9H18N4O3/c1-4-15-9(16-5-2)7(14)6-8-10-12-13(3)11-8/h7,9,14H,4-6H2,1-3H3. The molecule has 1 atom stereocenters. The van der Waals surface area contributed by atoms with E-state index in [2.05, 4.69) is 15.4 Å². The summed E-state index contributed by atoms with van der Waals surface area (Å²) in [6, 6.07) is 0. The van der Waals surface area contributed by atoms with Crippen LogP contribution in [0.25, 0.3) is 0 Å². The summed E-state index contributed by atoms with van der Waals surface area (Å²) < 4.78 is 10.5. The molecule has 0 saturated carbocycles. The fourth-order valence-electron chi connectivity index (χ4n) is 1.29. The van der Waals surface area contributed by atoms with Gasteiger partial charge >= 0.3 is 0 Å². The lowest BCUT2D eigenvalue weighted by atomic mass is 10.2. The van der Waals surface area contributed by atoms with Gasteiger partial charge in [0.25, 0.3) is 0 Å². The molecule has 1 rings (SSSR count). The Morgan fingerprint density at radius 3 is 2.38 bits per heavy atom. The highest BCUT2D eigenvalue weighted by Crippen LogP contribution is 2.06. The van der Waals surface area contributed by atoms with E-state index in [1.165, 1.54) is 4.80 Å². The smallest absolute Gasteiger partial charge is 0.183 e. The molecule has 0 aliphatic heterocycles. The lowest BCUT2D eigenvalue weighted by molar-refractivity contribution is -0.189. The predicted molar refractivity (Wildman–Crippen MR) is 55.5 cm³/mol. The van der Waals surface area contributed by atoms with Crippen LogP contribution in [0.15, 0.2) is 0 Å². The summed E-state index contributed by atoms with van der Waals surface area (Å²) in [7, 11) is 1.67. The number of ether oxygens (including phenoxy) is 2. The van der Waals surface area contributed by atoms with Gasteiger partial charge < -0.3 is 14.6 Å².